The van der Waals surface area contributed by atoms with Crippen LogP contribution in [0.15, 0.2) is 23.1 Å². The number of carbonyl (C=O) groups excluding carboxylic acids is 1. The molecule has 1 fully saturated rings. The SMILES string of the molecule is Cc1n[nH]c(C)c1S(=O)(=O)N1CCC(NC(=O)c2cc(O)cc(O)c2)CC1. The molecule has 1 aromatic heterocycles. The van der Waals surface area contributed by atoms with E-state index in [9.17, 15) is 23.4 Å². The number of aromatic amines is 1. The summed E-state index contributed by atoms with van der Waals surface area (Å²) in [6.07, 6.45) is 0.928. The van der Waals surface area contributed by atoms with Crippen LogP contribution in [-0.4, -0.2) is 58.2 Å². The number of aromatic nitrogens is 2. The summed E-state index contributed by atoms with van der Waals surface area (Å²) in [6, 6.07) is 3.47. The highest BCUT2D eigenvalue weighted by Crippen LogP contribution is 2.25. The van der Waals surface area contributed by atoms with Gasteiger partial charge in [-0.2, -0.15) is 9.40 Å². The number of sulfonamides is 1. The van der Waals surface area contributed by atoms with Crippen LogP contribution in [0.3, 0.4) is 0 Å². The molecule has 0 bridgehead atoms. The number of nitrogens with one attached hydrogen (secondary N) is 2. The first-order valence-electron chi connectivity index (χ1n) is 8.54. The largest absolute Gasteiger partial charge is 0.508 e. The van der Waals surface area contributed by atoms with E-state index in [1.807, 2.05) is 0 Å². The molecule has 1 saturated heterocycles. The molecule has 2 heterocycles. The number of aromatic hydroxyl groups is 2. The van der Waals surface area contributed by atoms with E-state index in [4.69, 9.17) is 0 Å². The van der Waals surface area contributed by atoms with Gasteiger partial charge in [-0.1, -0.05) is 0 Å². The van der Waals surface area contributed by atoms with Gasteiger partial charge in [0.1, 0.15) is 16.4 Å². The number of carbonyl (C=O) groups is 1. The summed E-state index contributed by atoms with van der Waals surface area (Å²) in [4.78, 5) is 12.5. The minimum Gasteiger partial charge on any atom is -0.508 e. The van der Waals surface area contributed by atoms with Crippen LogP contribution in [0, 0.1) is 13.8 Å². The molecule has 10 heteroatoms. The average molecular weight is 394 g/mol. The maximum atomic E-state index is 12.8. The van der Waals surface area contributed by atoms with Gasteiger partial charge in [-0.05, 0) is 38.8 Å². The Bertz CT molecular complexity index is 922. The third-order valence-electron chi connectivity index (χ3n) is 4.61. The second-order valence-corrected chi connectivity index (χ2v) is 8.53. The summed E-state index contributed by atoms with van der Waals surface area (Å²) < 4.78 is 27.1. The quantitative estimate of drug-likeness (QED) is 0.611. The van der Waals surface area contributed by atoms with Crippen molar-refractivity contribution in [1.82, 2.24) is 19.8 Å². The van der Waals surface area contributed by atoms with Crippen LogP contribution in [0.5, 0.6) is 11.5 Å². The predicted octanol–water partition coefficient (Wildman–Crippen LogP) is 1.02. The Morgan fingerprint density at radius 1 is 1.19 bits per heavy atom. The highest BCUT2D eigenvalue weighted by molar-refractivity contribution is 7.89. The summed E-state index contributed by atoms with van der Waals surface area (Å²) in [5.74, 6) is -0.831. The first-order chi connectivity index (χ1) is 12.7. The van der Waals surface area contributed by atoms with Gasteiger partial charge in [-0.15, -0.1) is 0 Å². The molecular formula is C17H22N4O5S. The topological polar surface area (TPSA) is 136 Å². The van der Waals surface area contributed by atoms with Crippen LogP contribution in [0.2, 0.25) is 0 Å². The number of benzene rings is 1. The molecule has 0 spiro atoms. The molecular weight excluding hydrogens is 372 g/mol. The van der Waals surface area contributed by atoms with E-state index in [1.54, 1.807) is 13.8 Å². The number of H-pyrrole nitrogens is 1. The molecule has 146 valence electrons. The molecule has 4 N–H and O–H groups in total. The number of phenolic OH excluding ortho intramolecular Hbond substituents is 2. The van der Waals surface area contributed by atoms with Crippen molar-refractivity contribution in [3.63, 3.8) is 0 Å². The highest BCUT2D eigenvalue weighted by Gasteiger charge is 2.33. The third-order valence-corrected chi connectivity index (χ3v) is 6.77. The normalized spacial score (nSPS) is 16.4. The maximum absolute atomic E-state index is 12.8. The number of amides is 1. The Labute approximate surface area is 157 Å². The molecule has 1 aliphatic rings. The summed E-state index contributed by atoms with van der Waals surface area (Å²) in [5.41, 5.74) is 1.09. The van der Waals surface area contributed by atoms with E-state index in [2.05, 4.69) is 15.5 Å². The Hall–Kier alpha value is -2.59. The molecule has 9 nitrogen and oxygen atoms in total. The van der Waals surface area contributed by atoms with E-state index in [0.29, 0.717) is 24.2 Å². The van der Waals surface area contributed by atoms with Crippen molar-refractivity contribution < 1.29 is 23.4 Å². The highest BCUT2D eigenvalue weighted by atomic mass is 32.2. The molecule has 1 aromatic carbocycles. The first kappa shape index (κ1) is 19.2. The fraction of sp³-hybridized carbons (Fsp3) is 0.412. The molecule has 0 unspecified atom stereocenters. The van der Waals surface area contributed by atoms with Crippen LogP contribution in [-0.2, 0) is 10.0 Å². The van der Waals surface area contributed by atoms with Crippen LogP contribution < -0.4 is 5.32 Å². The van der Waals surface area contributed by atoms with Crippen LogP contribution >= 0.6 is 0 Å². The van der Waals surface area contributed by atoms with E-state index < -0.39 is 15.9 Å². The third kappa shape index (κ3) is 3.91. The molecule has 1 aliphatic heterocycles. The standard InChI is InChI=1S/C17H22N4O5S/c1-10-16(11(2)20-19-10)27(25,26)21-5-3-13(4-6-21)18-17(24)12-7-14(22)9-15(23)8-12/h7-9,13,22-23H,3-6H2,1-2H3,(H,18,24)(H,19,20). The van der Waals surface area contributed by atoms with E-state index in [-0.39, 0.29) is 41.1 Å². The fourth-order valence-electron chi connectivity index (χ4n) is 3.29. The van der Waals surface area contributed by atoms with Crippen molar-refractivity contribution in [3.05, 3.63) is 35.2 Å². The zero-order valence-electron chi connectivity index (χ0n) is 15.1. The van der Waals surface area contributed by atoms with Gasteiger partial charge >= 0.3 is 0 Å². The van der Waals surface area contributed by atoms with Crippen molar-refractivity contribution in [2.75, 3.05) is 13.1 Å². The summed E-state index contributed by atoms with van der Waals surface area (Å²) >= 11 is 0. The van der Waals surface area contributed by atoms with Crippen LogP contribution in [0.25, 0.3) is 0 Å². The number of rotatable bonds is 4. The van der Waals surface area contributed by atoms with Gasteiger partial charge in [0.25, 0.3) is 5.91 Å². The summed E-state index contributed by atoms with van der Waals surface area (Å²) in [7, 11) is -3.63. The minimum absolute atomic E-state index is 0.146. The monoisotopic (exact) mass is 394 g/mol. The number of piperidine rings is 1. The van der Waals surface area contributed by atoms with Gasteiger partial charge in [0.2, 0.25) is 10.0 Å². The second-order valence-electron chi connectivity index (χ2n) is 6.65. The average Bonchev–Trinajstić information content (AvgIpc) is 2.93. The number of hydrogen-bond donors (Lipinski definition) is 4. The fourth-order valence-corrected chi connectivity index (χ4v) is 5.09. The zero-order valence-corrected chi connectivity index (χ0v) is 15.9. The van der Waals surface area contributed by atoms with Crippen molar-refractivity contribution in [1.29, 1.82) is 0 Å². The lowest BCUT2D eigenvalue weighted by molar-refractivity contribution is 0.0923. The number of phenols is 2. The van der Waals surface area contributed by atoms with Crippen LogP contribution in [0.4, 0.5) is 0 Å². The zero-order chi connectivity index (χ0) is 19.8. The molecule has 1 amide bonds. The Morgan fingerprint density at radius 2 is 1.78 bits per heavy atom. The van der Waals surface area contributed by atoms with Crippen molar-refractivity contribution in [3.8, 4) is 11.5 Å². The van der Waals surface area contributed by atoms with Gasteiger partial charge < -0.3 is 15.5 Å². The molecule has 0 radical (unpaired) electrons. The van der Waals surface area contributed by atoms with E-state index in [1.165, 1.54) is 16.4 Å². The Balaban J connectivity index is 1.64. The molecule has 2 aromatic rings. The molecule has 0 saturated carbocycles. The summed E-state index contributed by atoms with van der Waals surface area (Å²) in [6.45, 7) is 3.88. The van der Waals surface area contributed by atoms with Crippen molar-refractivity contribution >= 4 is 15.9 Å². The van der Waals surface area contributed by atoms with Gasteiger partial charge in [-0.25, -0.2) is 8.42 Å². The number of aryl methyl sites for hydroxylation is 2. The van der Waals surface area contributed by atoms with Gasteiger partial charge in [0, 0.05) is 30.8 Å². The maximum Gasteiger partial charge on any atom is 0.251 e. The summed E-state index contributed by atoms with van der Waals surface area (Å²) in [5, 5.41) is 28.4. The molecule has 3 rings (SSSR count). The molecule has 27 heavy (non-hydrogen) atoms. The van der Waals surface area contributed by atoms with Crippen molar-refractivity contribution in [2.45, 2.75) is 37.6 Å². The number of hydrogen-bond acceptors (Lipinski definition) is 6. The minimum atomic E-state index is -3.63. The molecule has 0 aliphatic carbocycles. The van der Waals surface area contributed by atoms with Gasteiger partial charge in [0.05, 0.1) is 11.4 Å². The van der Waals surface area contributed by atoms with Crippen LogP contribution in [0.1, 0.15) is 34.6 Å². The lowest BCUT2D eigenvalue weighted by Gasteiger charge is -2.31. The Morgan fingerprint density at radius 3 is 2.30 bits per heavy atom. The Kier molecular flexibility index (Phi) is 5.11. The van der Waals surface area contributed by atoms with Gasteiger partial charge in [0.15, 0.2) is 0 Å². The van der Waals surface area contributed by atoms with E-state index >= 15 is 0 Å². The lowest BCUT2D eigenvalue weighted by atomic mass is 10.1. The number of nitrogens with zero attached hydrogens (tertiary/aromatic N) is 2. The van der Waals surface area contributed by atoms with Crippen molar-refractivity contribution in [2.24, 2.45) is 0 Å². The van der Waals surface area contributed by atoms with Gasteiger partial charge in [-0.3, -0.25) is 9.89 Å². The van der Waals surface area contributed by atoms with E-state index in [0.717, 1.165) is 6.07 Å². The second kappa shape index (κ2) is 7.20. The first-order valence-corrected chi connectivity index (χ1v) is 9.98. The predicted molar refractivity (Wildman–Crippen MR) is 97.1 cm³/mol. The molecule has 0 atom stereocenters. The smallest absolute Gasteiger partial charge is 0.251 e. The lowest BCUT2D eigenvalue weighted by Crippen LogP contribution is -2.46.